The second-order valence-electron chi connectivity index (χ2n) is 6.01. The highest BCUT2D eigenvalue weighted by molar-refractivity contribution is 6.32. The van der Waals surface area contributed by atoms with Gasteiger partial charge in [0, 0.05) is 19.0 Å². The number of ketones is 1. The van der Waals surface area contributed by atoms with E-state index in [1.54, 1.807) is 0 Å². The van der Waals surface area contributed by atoms with Crippen LogP contribution in [0.15, 0.2) is 23.9 Å². The van der Waals surface area contributed by atoms with Gasteiger partial charge >= 0.3 is 0 Å². The van der Waals surface area contributed by atoms with Crippen LogP contribution in [0.3, 0.4) is 0 Å². The smallest absolute Gasteiger partial charge is 0.182 e. The largest absolute Gasteiger partial charge is 0.489 e. The summed E-state index contributed by atoms with van der Waals surface area (Å²) < 4.78 is 5.63. The highest BCUT2D eigenvalue weighted by atomic mass is 35.5. The maximum Gasteiger partial charge on any atom is 0.182 e. The number of hydrogen-bond acceptors (Lipinski definition) is 3. The molecule has 1 aromatic carbocycles. The molecular weight excluding hydrogens is 286 g/mol. The molecule has 0 aliphatic carbocycles. The molecule has 0 unspecified atom stereocenters. The van der Waals surface area contributed by atoms with Gasteiger partial charge in [0.25, 0.3) is 0 Å². The fourth-order valence-electron chi connectivity index (χ4n) is 3.02. The molecule has 21 heavy (non-hydrogen) atoms. The van der Waals surface area contributed by atoms with Crippen molar-refractivity contribution in [3.05, 3.63) is 34.5 Å². The van der Waals surface area contributed by atoms with Crippen LogP contribution in [-0.4, -0.2) is 29.9 Å². The molecule has 0 amide bonds. The van der Waals surface area contributed by atoms with Gasteiger partial charge in [-0.15, -0.1) is 0 Å². The third-order valence-corrected chi connectivity index (χ3v) is 4.38. The Hall–Kier alpha value is -1.48. The van der Waals surface area contributed by atoms with Crippen LogP contribution in [0, 0.1) is 5.92 Å². The zero-order valence-corrected chi connectivity index (χ0v) is 13.2. The molecule has 4 heteroatoms. The summed E-state index contributed by atoms with van der Waals surface area (Å²) in [4.78, 5) is 14.5. The van der Waals surface area contributed by atoms with Crippen molar-refractivity contribution in [2.24, 2.45) is 5.92 Å². The molecule has 0 N–H and O–H groups in total. The number of ether oxygens (including phenoxy) is 1. The fraction of sp³-hybridized carbons (Fsp3) is 0.471. The quantitative estimate of drug-likeness (QED) is 0.796. The van der Waals surface area contributed by atoms with Gasteiger partial charge in [-0.3, -0.25) is 4.79 Å². The molecule has 1 aromatic rings. The first-order chi connectivity index (χ1) is 10.0. The summed E-state index contributed by atoms with van der Waals surface area (Å²) in [6.45, 7) is 5.92. The lowest BCUT2D eigenvalue weighted by atomic mass is 9.84. The number of allylic oxidation sites excluding steroid dienone is 1. The van der Waals surface area contributed by atoms with Crippen molar-refractivity contribution >= 4 is 23.5 Å². The highest BCUT2D eigenvalue weighted by Crippen LogP contribution is 2.33. The lowest BCUT2D eigenvalue weighted by Crippen LogP contribution is -2.45. The van der Waals surface area contributed by atoms with Gasteiger partial charge in [0.15, 0.2) is 5.78 Å². The van der Waals surface area contributed by atoms with Gasteiger partial charge in [0.2, 0.25) is 0 Å². The van der Waals surface area contributed by atoms with Crippen molar-refractivity contribution < 1.29 is 9.53 Å². The molecule has 112 valence electrons. The van der Waals surface area contributed by atoms with Crippen LogP contribution in [0.1, 0.15) is 32.3 Å². The molecule has 0 atom stereocenters. The summed E-state index contributed by atoms with van der Waals surface area (Å²) in [7, 11) is 0. The standard InChI is InChI=1S/C17H20ClNO2/c1-11(2)21-16-4-3-12(9-14(16)18)10-15-17(20)13-5-7-19(15)8-6-13/h3-4,9-11,13H,5-8H2,1-2H3/b15-10-. The van der Waals surface area contributed by atoms with Gasteiger partial charge in [0.05, 0.1) is 16.8 Å². The van der Waals surface area contributed by atoms with Crippen LogP contribution in [0.5, 0.6) is 5.75 Å². The number of carbonyl (C=O) groups excluding carboxylic acids is 1. The average Bonchev–Trinajstić information content (AvgIpc) is 2.46. The normalized spacial score (nSPS) is 20.7. The van der Waals surface area contributed by atoms with Crippen molar-refractivity contribution in [3.63, 3.8) is 0 Å². The van der Waals surface area contributed by atoms with Crippen molar-refractivity contribution in [1.29, 1.82) is 0 Å². The van der Waals surface area contributed by atoms with E-state index in [0.29, 0.717) is 10.8 Å². The van der Waals surface area contributed by atoms with Crippen LogP contribution in [-0.2, 0) is 4.79 Å². The Balaban J connectivity index is 1.86. The first-order valence-electron chi connectivity index (χ1n) is 7.51. The lowest BCUT2D eigenvalue weighted by molar-refractivity contribution is -0.125. The van der Waals surface area contributed by atoms with E-state index < -0.39 is 0 Å². The molecule has 2 bridgehead atoms. The summed E-state index contributed by atoms with van der Waals surface area (Å²) in [6, 6.07) is 5.69. The molecule has 3 aliphatic heterocycles. The molecule has 0 spiro atoms. The molecule has 0 radical (unpaired) electrons. The number of rotatable bonds is 3. The minimum absolute atomic E-state index is 0.0912. The molecule has 3 nitrogen and oxygen atoms in total. The van der Waals surface area contributed by atoms with Crippen LogP contribution in [0.2, 0.25) is 5.02 Å². The second-order valence-corrected chi connectivity index (χ2v) is 6.42. The van der Waals surface area contributed by atoms with Crippen molar-refractivity contribution in [1.82, 2.24) is 4.90 Å². The maximum atomic E-state index is 12.3. The van der Waals surface area contributed by atoms with E-state index in [2.05, 4.69) is 4.90 Å². The van der Waals surface area contributed by atoms with E-state index >= 15 is 0 Å². The Bertz CT molecular complexity index is 586. The van der Waals surface area contributed by atoms with E-state index in [9.17, 15) is 4.79 Å². The van der Waals surface area contributed by atoms with Crippen LogP contribution < -0.4 is 4.74 Å². The second kappa shape index (κ2) is 5.72. The van der Waals surface area contributed by atoms with Crippen LogP contribution in [0.25, 0.3) is 6.08 Å². The predicted molar refractivity (Wildman–Crippen MR) is 84.5 cm³/mol. The first-order valence-corrected chi connectivity index (χ1v) is 7.89. The zero-order chi connectivity index (χ0) is 15.0. The molecule has 3 aliphatic rings. The topological polar surface area (TPSA) is 29.5 Å². The number of nitrogens with zero attached hydrogens (tertiary/aromatic N) is 1. The van der Waals surface area contributed by atoms with Gasteiger partial charge in [-0.2, -0.15) is 0 Å². The molecule has 3 saturated heterocycles. The number of carbonyl (C=O) groups is 1. The van der Waals surface area contributed by atoms with E-state index in [1.807, 2.05) is 38.1 Å². The molecule has 0 saturated carbocycles. The summed E-state index contributed by atoms with van der Waals surface area (Å²) in [5, 5.41) is 0.585. The van der Waals surface area contributed by atoms with E-state index in [-0.39, 0.29) is 17.8 Å². The number of Topliss-reactive ketones (excluding diaryl/α,β-unsaturated/α-hetero) is 1. The van der Waals surface area contributed by atoms with E-state index in [0.717, 1.165) is 37.2 Å². The summed E-state index contributed by atoms with van der Waals surface area (Å²) in [5.41, 5.74) is 1.79. The summed E-state index contributed by atoms with van der Waals surface area (Å²) in [6.07, 6.45) is 4.04. The van der Waals surface area contributed by atoms with Crippen LogP contribution >= 0.6 is 11.6 Å². The molecular formula is C17H20ClNO2. The molecule has 0 aromatic heterocycles. The Morgan fingerprint density at radius 1 is 1.33 bits per heavy atom. The monoisotopic (exact) mass is 305 g/mol. The minimum atomic E-state index is 0.0912. The zero-order valence-electron chi connectivity index (χ0n) is 12.4. The Labute approximate surface area is 130 Å². The van der Waals surface area contributed by atoms with E-state index in [4.69, 9.17) is 16.3 Å². The number of hydrogen-bond donors (Lipinski definition) is 0. The number of benzene rings is 1. The third kappa shape index (κ3) is 2.93. The van der Waals surface area contributed by atoms with Crippen molar-refractivity contribution in [2.45, 2.75) is 32.8 Å². The highest BCUT2D eigenvalue weighted by Gasteiger charge is 2.36. The number of fused-ring (bicyclic) bond motifs is 3. The van der Waals surface area contributed by atoms with Crippen molar-refractivity contribution in [2.75, 3.05) is 13.1 Å². The van der Waals surface area contributed by atoms with Gasteiger partial charge in [-0.25, -0.2) is 0 Å². The van der Waals surface area contributed by atoms with Gasteiger partial charge < -0.3 is 9.64 Å². The lowest BCUT2D eigenvalue weighted by Gasteiger charge is -2.41. The predicted octanol–water partition coefficient (Wildman–Crippen LogP) is 3.76. The van der Waals surface area contributed by atoms with Gasteiger partial charge in [-0.1, -0.05) is 17.7 Å². The van der Waals surface area contributed by atoms with E-state index in [1.165, 1.54) is 0 Å². The minimum Gasteiger partial charge on any atom is -0.489 e. The van der Waals surface area contributed by atoms with Gasteiger partial charge in [-0.05, 0) is 50.5 Å². The van der Waals surface area contributed by atoms with Crippen molar-refractivity contribution in [3.8, 4) is 5.75 Å². The Kier molecular flexibility index (Phi) is 3.94. The average molecular weight is 306 g/mol. The number of piperidine rings is 3. The Morgan fingerprint density at radius 3 is 2.62 bits per heavy atom. The molecule has 3 fully saturated rings. The summed E-state index contributed by atoms with van der Waals surface area (Å²) in [5.74, 6) is 1.19. The van der Waals surface area contributed by atoms with Gasteiger partial charge in [0.1, 0.15) is 5.75 Å². The maximum absolute atomic E-state index is 12.3. The van der Waals surface area contributed by atoms with Crippen LogP contribution in [0.4, 0.5) is 0 Å². The molecule has 3 heterocycles. The Morgan fingerprint density at radius 2 is 2.05 bits per heavy atom. The first kappa shape index (κ1) is 14.5. The SMILES string of the molecule is CC(C)Oc1ccc(/C=C2/C(=O)C3CCN2CC3)cc1Cl. The molecule has 4 rings (SSSR count). The third-order valence-electron chi connectivity index (χ3n) is 4.08. The fourth-order valence-corrected chi connectivity index (χ4v) is 3.26. The summed E-state index contributed by atoms with van der Waals surface area (Å²) >= 11 is 6.25. The number of halogens is 1.